The molecular weight excluding hydrogens is 190 g/mol. The van der Waals surface area contributed by atoms with Gasteiger partial charge in [-0.05, 0) is 18.4 Å². The van der Waals surface area contributed by atoms with E-state index in [1.807, 2.05) is 30.3 Å². The van der Waals surface area contributed by atoms with Crippen LogP contribution in [0.3, 0.4) is 0 Å². The molecule has 4 nitrogen and oxygen atoms in total. The predicted molar refractivity (Wildman–Crippen MR) is 57.9 cm³/mol. The standard InChI is InChI=1S/C11H13N3O/c12-14-11(15)8-4-7-10(13-14)9-5-2-1-3-6-9/h1-3,5-6H,4,7-8,12H2. The van der Waals surface area contributed by atoms with E-state index in [-0.39, 0.29) is 5.91 Å². The van der Waals surface area contributed by atoms with Gasteiger partial charge in [0.15, 0.2) is 0 Å². The number of benzene rings is 1. The van der Waals surface area contributed by atoms with Gasteiger partial charge in [0.2, 0.25) is 0 Å². The molecular formula is C11H13N3O. The first-order valence-electron chi connectivity index (χ1n) is 4.98. The van der Waals surface area contributed by atoms with Gasteiger partial charge in [-0.3, -0.25) is 4.79 Å². The fraction of sp³-hybridized carbons (Fsp3) is 0.273. The van der Waals surface area contributed by atoms with Gasteiger partial charge < -0.3 is 0 Å². The molecule has 0 saturated heterocycles. The summed E-state index contributed by atoms with van der Waals surface area (Å²) in [6, 6.07) is 9.80. The van der Waals surface area contributed by atoms with Gasteiger partial charge in [0, 0.05) is 6.42 Å². The van der Waals surface area contributed by atoms with Gasteiger partial charge in [0.05, 0.1) is 5.71 Å². The Morgan fingerprint density at radius 1 is 1.20 bits per heavy atom. The third kappa shape index (κ3) is 2.22. The molecule has 0 atom stereocenters. The number of nitrogens with zero attached hydrogens (tertiary/aromatic N) is 2. The molecule has 0 fully saturated rings. The topological polar surface area (TPSA) is 58.7 Å². The number of hydrogen-bond acceptors (Lipinski definition) is 3. The minimum Gasteiger partial charge on any atom is -0.271 e. The van der Waals surface area contributed by atoms with Crippen molar-refractivity contribution in [3.05, 3.63) is 35.9 Å². The molecule has 78 valence electrons. The van der Waals surface area contributed by atoms with Crippen molar-refractivity contribution in [1.29, 1.82) is 0 Å². The van der Waals surface area contributed by atoms with Gasteiger partial charge in [0.25, 0.3) is 5.91 Å². The Morgan fingerprint density at radius 3 is 2.67 bits per heavy atom. The van der Waals surface area contributed by atoms with Crippen LogP contribution in [-0.4, -0.2) is 16.7 Å². The maximum atomic E-state index is 11.3. The van der Waals surface area contributed by atoms with Crippen molar-refractivity contribution in [2.75, 3.05) is 0 Å². The number of carbonyl (C=O) groups is 1. The lowest BCUT2D eigenvalue weighted by Gasteiger charge is -2.08. The van der Waals surface area contributed by atoms with Crippen molar-refractivity contribution < 1.29 is 4.79 Å². The molecule has 1 aromatic rings. The summed E-state index contributed by atoms with van der Waals surface area (Å²) >= 11 is 0. The van der Waals surface area contributed by atoms with Gasteiger partial charge in [0.1, 0.15) is 0 Å². The highest BCUT2D eigenvalue weighted by Gasteiger charge is 2.15. The first-order chi connectivity index (χ1) is 7.27. The van der Waals surface area contributed by atoms with Gasteiger partial charge >= 0.3 is 0 Å². The van der Waals surface area contributed by atoms with Crippen LogP contribution in [-0.2, 0) is 4.79 Å². The fourth-order valence-electron chi connectivity index (χ4n) is 1.59. The van der Waals surface area contributed by atoms with Crippen LogP contribution in [0.5, 0.6) is 0 Å². The minimum atomic E-state index is -0.124. The summed E-state index contributed by atoms with van der Waals surface area (Å²) in [4.78, 5) is 11.3. The molecule has 0 unspecified atom stereocenters. The smallest absolute Gasteiger partial charge is 0.257 e. The second-order valence-electron chi connectivity index (χ2n) is 3.50. The zero-order valence-corrected chi connectivity index (χ0v) is 8.39. The molecule has 0 bridgehead atoms. The highest BCUT2D eigenvalue weighted by Crippen LogP contribution is 2.12. The molecule has 1 aliphatic rings. The molecule has 0 saturated carbocycles. The van der Waals surface area contributed by atoms with E-state index in [2.05, 4.69) is 5.10 Å². The van der Waals surface area contributed by atoms with Crippen LogP contribution in [0.2, 0.25) is 0 Å². The molecule has 1 aromatic carbocycles. The number of hydrazine groups is 1. The Balaban J connectivity index is 2.29. The minimum absolute atomic E-state index is 0.124. The zero-order valence-electron chi connectivity index (χ0n) is 8.39. The number of hydrazone groups is 1. The van der Waals surface area contributed by atoms with E-state index in [0.29, 0.717) is 6.42 Å². The van der Waals surface area contributed by atoms with E-state index in [0.717, 1.165) is 29.2 Å². The molecule has 1 amide bonds. The summed E-state index contributed by atoms with van der Waals surface area (Å²) in [7, 11) is 0. The van der Waals surface area contributed by atoms with Crippen LogP contribution in [0.1, 0.15) is 24.8 Å². The Bertz CT molecular complexity index is 386. The number of nitrogens with two attached hydrogens (primary N) is 1. The van der Waals surface area contributed by atoms with Gasteiger partial charge in [-0.15, -0.1) is 0 Å². The number of carbonyl (C=O) groups excluding carboxylic acids is 1. The summed E-state index contributed by atoms with van der Waals surface area (Å²) in [6.45, 7) is 0. The Morgan fingerprint density at radius 2 is 1.93 bits per heavy atom. The molecule has 1 aliphatic heterocycles. The Hall–Kier alpha value is -1.68. The van der Waals surface area contributed by atoms with Crippen LogP contribution in [0.25, 0.3) is 0 Å². The third-order valence-electron chi connectivity index (χ3n) is 2.40. The van der Waals surface area contributed by atoms with Gasteiger partial charge in [-0.2, -0.15) is 10.2 Å². The van der Waals surface area contributed by atoms with Gasteiger partial charge in [-0.1, -0.05) is 30.3 Å². The summed E-state index contributed by atoms with van der Waals surface area (Å²) in [5.41, 5.74) is 1.91. The number of amides is 1. The van der Waals surface area contributed by atoms with Crippen LogP contribution < -0.4 is 5.84 Å². The predicted octanol–water partition coefficient (Wildman–Crippen LogP) is 1.28. The monoisotopic (exact) mass is 203 g/mol. The van der Waals surface area contributed by atoms with E-state index in [4.69, 9.17) is 5.84 Å². The molecule has 15 heavy (non-hydrogen) atoms. The van der Waals surface area contributed by atoms with Crippen LogP contribution in [0.15, 0.2) is 35.4 Å². The first-order valence-corrected chi connectivity index (χ1v) is 4.98. The maximum Gasteiger partial charge on any atom is 0.257 e. The van der Waals surface area contributed by atoms with Crippen molar-refractivity contribution in [3.8, 4) is 0 Å². The fourth-order valence-corrected chi connectivity index (χ4v) is 1.59. The second kappa shape index (κ2) is 4.23. The van der Waals surface area contributed by atoms with E-state index in [1.165, 1.54) is 0 Å². The average molecular weight is 203 g/mol. The van der Waals surface area contributed by atoms with Gasteiger partial charge in [-0.25, -0.2) is 5.84 Å². The van der Waals surface area contributed by atoms with Crippen LogP contribution >= 0.6 is 0 Å². The molecule has 1 heterocycles. The molecule has 4 heteroatoms. The molecule has 0 aliphatic carbocycles. The van der Waals surface area contributed by atoms with Crippen molar-refractivity contribution >= 4 is 11.6 Å². The molecule has 2 N–H and O–H groups in total. The molecule has 2 rings (SSSR count). The quantitative estimate of drug-likeness (QED) is 0.552. The van der Waals surface area contributed by atoms with E-state index >= 15 is 0 Å². The largest absolute Gasteiger partial charge is 0.271 e. The molecule has 0 spiro atoms. The number of rotatable bonds is 1. The zero-order chi connectivity index (χ0) is 10.7. The SMILES string of the molecule is NN1N=C(c2ccccc2)CCCC1=O. The van der Waals surface area contributed by atoms with Crippen molar-refractivity contribution in [3.63, 3.8) is 0 Å². The molecule has 0 radical (unpaired) electrons. The number of hydrogen-bond donors (Lipinski definition) is 1. The van der Waals surface area contributed by atoms with Crippen LogP contribution in [0.4, 0.5) is 0 Å². The maximum absolute atomic E-state index is 11.3. The van der Waals surface area contributed by atoms with Crippen LogP contribution in [0, 0.1) is 0 Å². The summed E-state index contributed by atoms with van der Waals surface area (Å²) in [5.74, 6) is 5.38. The highest BCUT2D eigenvalue weighted by atomic mass is 16.2. The lowest BCUT2D eigenvalue weighted by Crippen LogP contribution is -2.31. The average Bonchev–Trinajstić information content (AvgIpc) is 2.43. The van der Waals surface area contributed by atoms with E-state index < -0.39 is 0 Å². The Kier molecular flexibility index (Phi) is 2.78. The summed E-state index contributed by atoms with van der Waals surface area (Å²) in [6.07, 6.45) is 2.07. The summed E-state index contributed by atoms with van der Waals surface area (Å²) < 4.78 is 0. The highest BCUT2D eigenvalue weighted by molar-refractivity contribution is 6.01. The van der Waals surface area contributed by atoms with E-state index in [1.54, 1.807) is 0 Å². The third-order valence-corrected chi connectivity index (χ3v) is 2.40. The lowest BCUT2D eigenvalue weighted by molar-refractivity contribution is -0.131. The van der Waals surface area contributed by atoms with E-state index in [9.17, 15) is 4.79 Å². The van der Waals surface area contributed by atoms with Crippen molar-refractivity contribution in [1.82, 2.24) is 5.12 Å². The Labute approximate surface area is 88.3 Å². The normalized spacial score (nSPS) is 17.3. The summed E-state index contributed by atoms with van der Waals surface area (Å²) in [5, 5.41) is 5.06. The lowest BCUT2D eigenvalue weighted by atomic mass is 10.1. The molecule has 0 aromatic heterocycles. The van der Waals surface area contributed by atoms with Crippen molar-refractivity contribution in [2.24, 2.45) is 10.9 Å². The first kappa shape index (κ1) is 9.86. The van der Waals surface area contributed by atoms with Crippen molar-refractivity contribution in [2.45, 2.75) is 19.3 Å². The second-order valence-corrected chi connectivity index (χ2v) is 3.50.